The SMILES string of the molecule is COCC(CCO)NC(C)c1ccc(OC)c(F)c1. The van der Waals surface area contributed by atoms with Crippen LogP contribution in [-0.4, -0.2) is 38.6 Å². The Bertz CT molecular complexity index is 381. The molecular weight excluding hydrogens is 249 g/mol. The van der Waals surface area contributed by atoms with Crippen molar-refractivity contribution in [1.29, 1.82) is 0 Å². The minimum atomic E-state index is -0.376. The summed E-state index contributed by atoms with van der Waals surface area (Å²) in [4.78, 5) is 0. The Morgan fingerprint density at radius 1 is 1.37 bits per heavy atom. The van der Waals surface area contributed by atoms with Crippen LogP contribution in [0.15, 0.2) is 18.2 Å². The second-order valence-corrected chi connectivity index (χ2v) is 4.45. The average Bonchev–Trinajstić information content (AvgIpc) is 2.39. The third kappa shape index (κ3) is 4.78. The van der Waals surface area contributed by atoms with E-state index in [1.165, 1.54) is 13.2 Å². The fraction of sp³-hybridized carbons (Fsp3) is 0.571. The predicted molar refractivity (Wildman–Crippen MR) is 71.9 cm³/mol. The summed E-state index contributed by atoms with van der Waals surface area (Å²) in [5.74, 6) is -0.140. The van der Waals surface area contributed by atoms with Crippen molar-refractivity contribution in [2.45, 2.75) is 25.4 Å². The highest BCUT2D eigenvalue weighted by Crippen LogP contribution is 2.22. The number of methoxy groups -OCH3 is 2. The molecular formula is C14H22FNO3. The van der Waals surface area contributed by atoms with E-state index in [1.807, 2.05) is 13.0 Å². The Labute approximate surface area is 113 Å². The first-order valence-electron chi connectivity index (χ1n) is 6.31. The molecule has 0 saturated carbocycles. The monoisotopic (exact) mass is 271 g/mol. The summed E-state index contributed by atoms with van der Waals surface area (Å²) >= 11 is 0. The largest absolute Gasteiger partial charge is 0.494 e. The van der Waals surface area contributed by atoms with Gasteiger partial charge < -0.3 is 19.9 Å². The number of aliphatic hydroxyl groups is 1. The van der Waals surface area contributed by atoms with Gasteiger partial charge in [-0.2, -0.15) is 0 Å². The number of nitrogens with one attached hydrogen (secondary N) is 1. The van der Waals surface area contributed by atoms with Crippen LogP contribution in [-0.2, 0) is 4.74 Å². The number of rotatable bonds is 8. The Hall–Kier alpha value is -1.17. The summed E-state index contributed by atoms with van der Waals surface area (Å²) in [7, 11) is 3.05. The molecule has 2 atom stereocenters. The van der Waals surface area contributed by atoms with Gasteiger partial charge in [0.2, 0.25) is 0 Å². The quantitative estimate of drug-likeness (QED) is 0.758. The summed E-state index contributed by atoms with van der Waals surface area (Å²) in [6, 6.07) is 4.89. The number of hydrogen-bond acceptors (Lipinski definition) is 4. The lowest BCUT2D eigenvalue weighted by atomic mass is 10.1. The number of hydrogen-bond donors (Lipinski definition) is 2. The number of ether oxygens (including phenoxy) is 2. The van der Waals surface area contributed by atoms with E-state index in [-0.39, 0.29) is 30.3 Å². The molecule has 0 aliphatic heterocycles. The molecule has 0 bridgehead atoms. The maximum absolute atomic E-state index is 13.6. The second kappa shape index (κ2) is 8.09. The van der Waals surface area contributed by atoms with Crippen LogP contribution in [0, 0.1) is 5.82 Å². The van der Waals surface area contributed by atoms with E-state index in [2.05, 4.69) is 5.32 Å². The summed E-state index contributed by atoms with van der Waals surface area (Å²) in [5, 5.41) is 12.3. The zero-order valence-corrected chi connectivity index (χ0v) is 11.6. The van der Waals surface area contributed by atoms with Crippen molar-refractivity contribution >= 4 is 0 Å². The molecule has 0 saturated heterocycles. The van der Waals surface area contributed by atoms with Crippen LogP contribution < -0.4 is 10.1 Å². The molecule has 0 aliphatic carbocycles. The second-order valence-electron chi connectivity index (χ2n) is 4.45. The summed E-state index contributed by atoms with van der Waals surface area (Å²) in [5.41, 5.74) is 0.831. The number of benzene rings is 1. The van der Waals surface area contributed by atoms with Crippen LogP contribution in [0.3, 0.4) is 0 Å². The van der Waals surface area contributed by atoms with Gasteiger partial charge in [-0.15, -0.1) is 0 Å². The molecule has 0 amide bonds. The molecule has 2 unspecified atom stereocenters. The van der Waals surface area contributed by atoms with Crippen molar-refractivity contribution in [3.8, 4) is 5.75 Å². The van der Waals surface area contributed by atoms with Gasteiger partial charge in [-0.3, -0.25) is 0 Å². The molecule has 0 heterocycles. The first-order valence-corrected chi connectivity index (χ1v) is 6.31. The van der Waals surface area contributed by atoms with E-state index in [0.717, 1.165) is 5.56 Å². The van der Waals surface area contributed by atoms with Crippen molar-refractivity contribution in [2.75, 3.05) is 27.4 Å². The average molecular weight is 271 g/mol. The zero-order chi connectivity index (χ0) is 14.3. The lowest BCUT2D eigenvalue weighted by molar-refractivity contribution is 0.143. The highest BCUT2D eigenvalue weighted by Gasteiger charge is 2.14. The molecule has 0 radical (unpaired) electrons. The molecule has 2 N–H and O–H groups in total. The summed E-state index contributed by atoms with van der Waals surface area (Å²) in [6.45, 7) is 2.54. The lowest BCUT2D eigenvalue weighted by Gasteiger charge is -2.22. The molecule has 0 spiro atoms. The van der Waals surface area contributed by atoms with Gasteiger partial charge in [-0.1, -0.05) is 6.07 Å². The molecule has 1 rings (SSSR count). The van der Waals surface area contributed by atoms with Crippen molar-refractivity contribution in [1.82, 2.24) is 5.32 Å². The first-order chi connectivity index (χ1) is 9.12. The number of halogens is 1. The zero-order valence-electron chi connectivity index (χ0n) is 11.6. The topological polar surface area (TPSA) is 50.7 Å². The standard InChI is InChI=1S/C14H22FNO3/c1-10(16-12(6-7-17)9-18-2)11-4-5-14(19-3)13(15)8-11/h4-5,8,10,12,16-17H,6-7,9H2,1-3H3. The maximum atomic E-state index is 13.6. The van der Waals surface area contributed by atoms with Crippen LogP contribution in [0.5, 0.6) is 5.75 Å². The van der Waals surface area contributed by atoms with Gasteiger partial charge in [-0.05, 0) is 31.0 Å². The highest BCUT2D eigenvalue weighted by atomic mass is 19.1. The molecule has 108 valence electrons. The van der Waals surface area contributed by atoms with E-state index in [9.17, 15) is 4.39 Å². The first kappa shape index (κ1) is 15.9. The van der Waals surface area contributed by atoms with Gasteiger partial charge in [0, 0.05) is 25.8 Å². The molecule has 5 heteroatoms. The van der Waals surface area contributed by atoms with Gasteiger partial charge in [-0.25, -0.2) is 4.39 Å². The fourth-order valence-corrected chi connectivity index (χ4v) is 1.97. The van der Waals surface area contributed by atoms with Crippen molar-refractivity contribution in [3.63, 3.8) is 0 Å². The summed E-state index contributed by atoms with van der Waals surface area (Å²) < 4.78 is 23.6. The van der Waals surface area contributed by atoms with E-state index < -0.39 is 0 Å². The molecule has 0 aromatic heterocycles. The molecule has 4 nitrogen and oxygen atoms in total. The van der Waals surface area contributed by atoms with E-state index in [1.54, 1.807) is 13.2 Å². The fourth-order valence-electron chi connectivity index (χ4n) is 1.97. The van der Waals surface area contributed by atoms with Crippen molar-refractivity contribution < 1.29 is 19.0 Å². The summed E-state index contributed by atoms with van der Waals surface area (Å²) in [6.07, 6.45) is 0.594. The third-order valence-corrected chi connectivity index (χ3v) is 3.01. The Kier molecular flexibility index (Phi) is 6.77. The minimum Gasteiger partial charge on any atom is -0.494 e. The normalized spacial score (nSPS) is 14.2. The van der Waals surface area contributed by atoms with Crippen molar-refractivity contribution in [2.24, 2.45) is 0 Å². The van der Waals surface area contributed by atoms with Gasteiger partial charge in [0.1, 0.15) is 0 Å². The maximum Gasteiger partial charge on any atom is 0.165 e. The van der Waals surface area contributed by atoms with E-state index in [0.29, 0.717) is 13.0 Å². The van der Waals surface area contributed by atoms with Gasteiger partial charge in [0.15, 0.2) is 11.6 Å². The predicted octanol–water partition coefficient (Wildman–Crippen LogP) is 1.88. The smallest absolute Gasteiger partial charge is 0.165 e. The Morgan fingerprint density at radius 3 is 2.63 bits per heavy atom. The van der Waals surface area contributed by atoms with Gasteiger partial charge in [0.05, 0.1) is 13.7 Å². The number of aliphatic hydroxyl groups excluding tert-OH is 1. The van der Waals surface area contributed by atoms with Crippen LogP contribution in [0.1, 0.15) is 24.9 Å². The van der Waals surface area contributed by atoms with E-state index >= 15 is 0 Å². The highest BCUT2D eigenvalue weighted by molar-refractivity contribution is 5.30. The Balaban J connectivity index is 2.70. The van der Waals surface area contributed by atoms with Crippen LogP contribution in [0.2, 0.25) is 0 Å². The van der Waals surface area contributed by atoms with Gasteiger partial charge in [0.25, 0.3) is 0 Å². The molecule has 0 fully saturated rings. The van der Waals surface area contributed by atoms with Gasteiger partial charge >= 0.3 is 0 Å². The Morgan fingerprint density at radius 2 is 2.11 bits per heavy atom. The minimum absolute atomic E-state index is 0.0351. The molecule has 1 aromatic rings. The van der Waals surface area contributed by atoms with Crippen LogP contribution >= 0.6 is 0 Å². The molecule has 0 aliphatic rings. The van der Waals surface area contributed by atoms with Crippen LogP contribution in [0.4, 0.5) is 4.39 Å². The lowest BCUT2D eigenvalue weighted by Crippen LogP contribution is -2.36. The third-order valence-electron chi connectivity index (χ3n) is 3.01. The van der Waals surface area contributed by atoms with Crippen molar-refractivity contribution in [3.05, 3.63) is 29.6 Å². The molecule has 1 aromatic carbocycles. The van der Waals surface area contributed by atoms with Crippen LogP contribution in [0.25, 0.3) is 0 Å². The molecule has 19 heavy (non-hydrogen) atoms. The van der Waals surface area contributed by atoms with E-state index in [4.69, 9.17) is 14.6 Å².